The van der Waals surface area contributed by atoms with E-state index in [4.69, 9.17) is 0 Å². The van der Waals surface area contributed by atoms with E-state index in [-0.39, 0.29) is 18.0 Å². The lowest BCUT2D eigenvalue weighted by Crippen LogP contribution is -2.21. The molecule has 0 spiro atoms. The number of rotatable bonds is 9. The number of benzene rings is 3. The van der Waals surface area contributed by atoms with E-state index >= 15 is 0 Å². The summed E-state index contributed by atoms with van der Waals surface area (Å²) in [6.45, 7) is 4.39. The summed E-state index contributed by atoms with van der Waals surface area (Å²) < 4.78 is 81.3. The average Bonchev–Trinajstić information content (AvgIpc) is 2.82. The van der Waals surface area contributed by atoms with Gasteiger partial charge in [0.1, 0.15) is 5.82 Å². The van der Waals surface area contributed by atoms with Crippen LogP contribution in [0.25, 0.3) is 11.1 Å². The zero-order valence-electron chi connectivity index (χ0n) is 21.4. The van der Waals surface area contributed by atoms with Crippen LogP contribution in [0.1, 0.15) is 55.4 Å². The molecule has 3 aromatic carbocycles. The van der Waals surface area contributed by atoms with E-state index in [0.29, 0.717) is 35.7 Å². The lowest BCUT2D eigenvalue weighted by atomic mass is 9.88. The van der Waals surface area contributed by atoms with Gasteiger partial charge in [-0.25, -0.2) is 13.2 Å². The number of hydrogen-bond donors (Lipinski definition) is 1. The minimum Gasteiger partial charge on any atom is -0.481 e. The molecule has 0 aliphatic carbocycles. The van der Waals surface area contributed by atoms with Gasteiger partial charge in [0, 0.05) is 31.8 Å². The van der Waals surface area contributed by atoms with Gasteiger partial charge in [0.25, 0.3) is 5.92 Å². The Morgan fingerprint density at radius 1 is 0.921 bits per heavy atom. The van der Waals surface area contributed by atoms with Gasteiger partial charge >= 0.3 is 12.1 Å². The number of nitrogens with zero attached hydrogens (tertiary/aromatic N) is 1. The standard InChI is InChI=1S/C29H29F6NO2/c1-17(2)11-25(27(37)38)21-12-20(18-5-8-22(9-6-18)29(33,34)35)13-24(14-21)36(4)16-19-7-10-23(30)15-26(19)28(3,31)32/h5-10,12-15,17,25H,11,16H2,1-4H3,(H,37,38). The number of anilines is 1. The lowest BCUT2D eigenvalue weighted by Gasteiger charge is -2.25. The highest BCUT2D eigenvalue weighted by Gasteiger charge is 2.31. The summed E-state index contributed by atoms with van der Waals surface area (Å²) in [5.74, 6) is -5.99. The van der Waals surface area contributed by atoms with Gasteiger partial charge in [-0.3, -0.25) is 4.79 Å². The number of carbonyl (C=O) groups is 1. The van der Waals surface area contributed by atoms with E-state index in [0.717, 1.165) is 24.3 Å². The van der Waals surface area contributed by atoms with Crippen molar-refractivity contribution in [1.29, 1.82) is 0 Å². The maximum atomic E-state index is 14.2. The highest BCUT2D eigenvalue weighted by atomic mass is 19.4. The molecule has 0 radical (unpaired) electrons. The lowest BCUT2D eigenvalue weighted by molar-refractivity contribution is -0.139. The van der Waals surface area contributed by atoms with Crippen LogP contribution in [-0.4, -0.2) is 18.1 Å². The van der Waals surface area contributed by atoms with Crippen molar-refractivity contribution in [2.24, 2.45) is 5.92 Å². The van der Waals surface area contributed by atoms with Gasteiger partial charge in [0.05, 0.1) is 11.5 Å². The molecule has 204 valence electrons. The number of hydrogen-bond acceptors (Lipinski definition) is 2. The van der Waals surface area contributed by atoms with Gasteiger partial charge in [-0.2, -0.15) is 13.2 Å². The molecule has 0 fully saturated rings. The summed E-state index contributed by atoms with van der Waals surface area (Å²) in [7, 11) is 1.62. The van der Waals surface area contributed by atoms with E-state index in [1.165, 1.54) is 18.2 Å². The van der Waals surface area contributed by atoms with E-state index in [9.17, 15) is 36.2 Å². The second-order valence-corrected chi connectivity index (χ2v) is 9.95. The van der Waals surface area contributed by atoms with Crippen molar-refractivity contribution in [1.82, 2.24) is 0 Å². The Kier molecular flexibility index (Phi) is 8.48. The van der Waals surface area contributed by atoms with Crippen molar-refractivity contribution in [2.75, 3.05) is 11.9 Å². The molecule has 3 aromatic rings. The van der Waals surface area contributed by atoms with E-state index < -0.39 is 40.9 Å². The van der Waals surface area contributed by atoms with Crippen LogP contribution >= 0.6 is 0 Å². The summed E-state index contributed by atoms with van der Waals surface area (Å²) in [4.78, 5) is 13.8. The first-order valence-electron chi connectivity index (χ1n) is 12.0. The fraction of sp³-hybridized carbons (Fsp3) is 0.345. The van der Waals surface area contributed by atoms with Crippen LogP contribution in [0.2, 0.25) is 0 Å². The highest BCUT2D eigenvalue weighted by Crippen LogP contribution is 2.36. The van der Waals surface area contributed by atoms with Crippen molar-refractivity contribution in [2.45, 2.75) is 51.8 Å². The molecule has 0 saturated carbocycles. The Bertz CT molecular complexity index is 1280. The third-order valence-corrected chi connectivity index (χ3v) is 6.29. The Labute approximate surface area is 217 Å². The fourth-order valence-electron chi connectivity index (χ4n) is 4.37. The predicted molar refractivity (Wildman–Crippen MR) is 135 cm³/mol. The topological polar surface area (TPSA) is 40.5 Å². The second kappa shape index (κ2) is 11.1. The number of carboxylic acids is 1. The van der Waals surface area contributed by atoms with Crippen LogP contribution in [0.4, 0.5) is 32.0 Å². The van der Waals surface area contributed by atoms with Crippen LogP contribution in [0.3, 0.4) is 0 Å². The molecule has 0 heterocycles. The SMILES string of the molecule is CC(C)CC(C(=O)O)c1cc(-c2ccc(C(F)(F)F)cc2)cc(N(C)Cc2ccc(F)cc2C(C)(F)F)c1. The maximum absolute atomic E-state index is 14.2. The van der Waals surface area contributed by atoms with Crippen molar-refractivity contribution in [3.8, 4) is 11.1 Å². The zero-order chi connectivity index (χ0) is 28.4. The summed E-state index contributed by atoms with van der Waals surface area (Å²) in [5, 5.41) is 9.92. The average molecular weight is 538 g/mol. The van der Waals surface area contributed by atoms with Gasteiger partial charge < -0.3 is 10.0 Å². The van der Waals surface area contributed by atoms with Crippen LogP contribution in [0.5, 0.6) is 0 Å². The molecule has 38 heavy (non-hydrogen) atoms. The third kappa shape index (κ3) is 7.08. The zero-order valence-corrected chi connectivity index (χ0v) is 21.4. The summed E-state index contributed by atoms with van der Waals surface area (Å²) in [6.07, 6.45) is -4.19. The first-order chi connectivity index (χ1) is 17.6. The highest BCUT2D eigenvalue weighted by molar-refractivity contribution is 5.79. The molecule has 3 nitrogen and oxygen atoms in total. The molecule has 0 saturated heterocycles. The number of halogens is 6. The van der Waals surface area contributed by atoms with Crippen LogP contribution < -0.4 is 4.90 Å². The van der Waals surface area contributed by atoms with Gasteiger partial charge in [0.15, 0.2) is 0 Å². The van der Waals surface area contributed by atoms with Crippen LogP contribution in [0, 0.1) is 11.7 Å². The Morgan fingerprint density at radius 2 is 1.55 bits per heavy atom. The molecule has 0 aromatic heterocycles. The second-order valence-electron chi connectivity index (χ2n) is 9.95. The Morgan fingerprint density at radius 3 is 2.08 bits per heavy atom. The van der Waals surface area contributed by atoms with Crippen molar-refractivity contribution in [3.63, 3.8) is 0 Å². The number of aliphatic carboxylic acids is 1. The van der Waals surface area contributed by atoms with Crippen molar-refractivity contribution >= 4 is 11.7 Å². The molecule has 0 aliphatic rings. The van der Waals surface area contributed by atoms with Gasteiger partial charge in [-0.1, -0.05) is 38.1 Å². The summed E-state index contributed by atoms with van der Waals surface area (Å²) in [5.41, 5.74) is 0.723. The van der Waals surface area contributed by atoms with Crippen LogP contribution in [-0.2, 0) is 23.4 Å². The first-order valence-corrected chi connectivity index (χ1v) is 12.0. The van der Waals surface area contributed by atoms with E-state index in [1.54, 1.807) is 30.1 Å². The van der Waals surface area contributed by atoms with E-state index in [2.05, 4.69) is 0 Å². The van der Waals surface area contributed by atoms with Crippen molar-refractivity contribution in [3.05, 3.63) is 88.7 Å². The van der Waals surface area contributed by atoms with Gasteiger partial charge in [-0.05, 0) is 71.0 Å². The van der Waals surface area contributed by atoms with E-state index in [1.807, 2.05) is 13.8 Å². The predicted octanol–water partition coefficient (Wildman–Crippen LogP) is 8.47. The molecule has 0 aliphatic heterocycles. The largest absolute Gasteiger partial charge is 0.481 e. The molecule has 1 N–H and O–H groups in total. The van der Waals surface area contributed by atoms with Crippen molar-refractivity contribution < 1.29 is 36.2 Å². The van der Waals surface area contributed by atoms with Crippen LogP contribution in [0.15, 0.2) is 60.7 Å². The van der Waals surface area contributed by atoms with Gasteiger partial charge in [-0.15, -0.1) is 0 Å². The molecule has 0 bridgehead atoms. The molecule has 3 rings (SSSR count). The van der Waals surface area contributed by atoms with Gasteiger partial charge in [0.2, 0.25) is 0 Å². The Balaban J connectivity index is 2.11. The number of carboxylic acid groups (broad SMARTS) is 1. The Hall–Kier alpha value is -3.49. The first kappa shape index (κ1) is 29.1. The molecule has 1 unspecified atom stereocenters. The minimum atomic E-state index is -4.51. The third-order valence-electron chi connectivity index (χ3n) is 6.29. The summed E-state index contributed by atoms with van der Waals surface area (Å²) >= 11 is 0. The molecular weight excluding hydrogens is 508 g/mol. The quantitative estimate of drug-likeness (QED) is 0.278. The minimum absolute atomic E-state index is 0.0422. The fourth-order valence-corrected chi connectivity index (χ4v) is 4.37. The number of alkyl halides is 5. The summed E-state index contributed by atoms with van der Waals surface area (Å²) in [6, 6.07) is 12.6. The normalized spacial score (nSPS) is 13.0. The molecule has 1 atom stereocenters. The smallest absolute Gasteiger partial charge is 0.416 e. The molecular formula is C29H29F6NO2. The molecule has 9 heteroatoms. The molecule has 0 amide bonds. The maximum Gasteiger partial charge on any atom is 0.416 e. The monoisotopic (exact) mass is 537 g/mol.